The van der Waals surface area contributed by atoms with Crippen LogP contribution in [0.2, 0.25) is 0 Å². The first kappa shape index (κ1) is 18.9. The fraction of sp³-hybridized carbons (Fsp3) is 0.450. The third kappa shape index (κ3) is 4.66. The van der Waals surface area contributed by atoms with Crippen molar-refractivity contribution in [1.82, 2.24) is 15.3 Å². The number of nitrogens with two attached hydrogens (primary N) is 1. The number of rotatable bonds is 7. The lowest BCUT2D eigenvalue weighted by atomic mass is 10.2. The van der Waals surface area contributed by atoms with Crippen LogP contribution in [0.5, 0.6) is 0 Å². The van der Waals surface area contributed by atoms with Crippen molar-refractivity contribution < 1.29 is 0 Å². The first-order valence-corrected chi connectivity index (χ1v) is 9.49. The molecule has 1 atom stereocenters. The quantitative estimate of drug-likeness (QED) is 0.648. The molecule has 0 saturated carbocycles. The van der Waals surface area contributed by atoms with E-state index >= 15 is 0 Å². The van der Waals surface area contributed by atoms with Crippen molar-refractivity contribution in [2.45, 2.75) is 38.6 Å². The summed E-state index contributed by atoms with van der Waals surface area (Å²) in [4.78, 5) is 11.7. The van der Waals surface area contributed by atoms with E-state index in [2.05, 4.69) is 39.6 Å². The summed E-state index contributed by atoms with van der Waals surface area (Å²) in [5.74, 6) is 1.51. The van der Waals surface area contributed by atoms with Gasteiger partial charge in [0.15, 0.2) is 0 Å². The van der Waals surface area contributed by atoms with Crippen LogP contribution in [0.1, 0.15) is 37.4 Å². The Bertz CT molecular complexity index is 828. The van der Waals surface area contributed by atoms with Crippen LogP contribution >= 0.6 is 0 Å². The Labute approximate surface area is 160 Å². The fourth-order valence-electron chi connectivity index (χ4n) is 3.25. The number of aryl methyl sites for hydroxylation is 1. The minimum atomic E-state index is 0.443. The van der Waals surface area contributed by atoms with Gasteiger partial charge in [-0.25, -0.2) is 4.98 Å². The first-order chi connectivity index (χ1) is 13.1. The van der Waals surface area contributed by atoms with Crippen LogP contribution in [-0.4, -0.2) is 36.1 Å². The number of aromatic nitrogens is 2. The maximum atomic E-state index is 9.18. The monoisotopic (exact) mass is 365 g/mol. The van der Waals surface area contributed by atoms with E-state index in [1.54, 1.807) is 12.1 Å². The molecule has 1 fully saturated rings. The minimum Gasteiger partial charge on any atom is -0.398 e. The first-order valence-electron chi connectivity index (χ1n) is 9.49. The molecule has 142 valence electrons. The van der Waals surface area contributed by atoms with E-state index in [-0.39, 0.29) is 0 Å². The maximum absolute atomic E-state index is 9.18. The van der Waals surface area contributed by atoms with E-state index in [9.17, 15) is 5.26 Å². The molecule has 7 heteroatoms. The van der Waals surface area contributed by atoms with Gasteiger partial charge >= 0.3 is 0 Å². The smallest absolute Gasteiger partial charge is 0.229 e. The van der Waals surface area contributed by atoms with Crippen molar-refractivity contribution in [3.8, 4) is 6.07 Å². The summed E-state index contributed by atoms with van der Waals surface area (Å²) in [6, 6.07) is 9.99. The normalized spacial score (nSPS) is 16.3. The van der Waals surface area contributed by atoms with Gasteiger partial charge in [0.1, 0.15) is 11.9 Å². The van der Waals surface area contributed by atoms with Crippen LogP contribution in [0.3, 0.4) is 0 Å². The molecular formula is C20H27N7. The van der Waals surface area contributed by atoms with Crippen LogP contribution in [0.25, 0.3) is 0 Å². The van der Waals surface area contributed by atoms with Gasteiger partial charge < -0.3 is 21.3 Å². The van der Waals surface area contributed by atoms with E-state index in [0.29, 0.717) is 23.2 Å². The maximum Gasteiger partial charge on any atom is 0.229 e. The average molecular weight is 365 g/mol. The SMILES string of the molecule is CCCCc1cc(N2CCC(NC)C2)nc(Nc2ccc(N)c(C#N)c2)n1. The van der Waals surface area contributed by atoms with Crippen LogP contribution < -0.4 is 21.3 Å². The van der Waals surface area contributed by atoms with Gasteiger partial charge in [0.2, 0.25) is 5.95 Å². The van der Waals surface area contributed by atoms with Crippen LogP contribution in [0.15, 0.2) is 24.3 Å². The lowest BCUT2D eigenvalue weighted by molar-refractivity contribution is 0.616. The molecule has 1 aromatic carbocycles. The van der Waals surface area contributed by atoms with Gasteiger partial charge in [-0.15, -0.1) is 0 Å². The summed E-state index contributed by atoms with van der Waals surface area (Å²) >= 11 is 0. The average Bonchev–Trinajstić information content (AvgIpc) is 3.17. The molecule has 3 rings (SSSR count). The summed E-state index contributed by atoms with van der Waals surface area (Å²) in [6.07, 6.45) is 4.25. The summed E-state index contributed by atoms with van der Waals surface area (Å²) in [5.41, 5.74) is 8.52. The highest BCUT2D eigenvalue weighted by atomic mass is 15.3. The lowest BCUT2D eigenvalue weighted by Gasteiger charge is -2.19. The van der Waals surface area contributed by atoms with Crippen molar-refractivity contribution >= 4 is 23.1 Å². The Morgan fingerprint density at radius 1 is 1.33 bits per heavy atom. The molecule has 0 amide bonds. The number of likely N-dealkylation sites (N-methyl/N-ethyl adjacent to an activating group) is 1. The van der Waals surface area contributed by atoms with Crippen molar-refractivity contribution in [2.75, 3.05) is 36.1 Å². The van der Waals surface area contributed by atoms with Gasteiger partial charge in [-0.2, -0.15) is 10.2 Å². The Balaban J connectivity index is 1.87. The molecule has 1 unspecified atom stereocenters. The molecule has 7 nitrogen and oxygen atoms in total. The standard InChI is InChI=1S/C20H27N7/c1-3-4-5-15-11-19(27-9-8-17(13-27)23-2)26-20(24-15)25-16-6-7-18(22)14(10-16)12-21/h6-7,10-11,17,23H,3-5,8-9,13,22H2,1-2H3,(H,24,25,26). The molecule has 0 radical (unpaired) electrons. The molecule has 0 spiro atoms. The van der Waals surface area contributed by atoms with E-state index in [4.69, 9.17) is 10.7 Å². The zero-order valence-corrected chi connectivity index (χ0v) is 16.0. The highest BCUT2D eigenvalue weighted by molar-refractivity contribution is 5.65. The molecule has 1 aliphatic heterocycles. The van der Waals surface area contributed by atoms with E-state index in [1.807, 2.05) is 13.1 Å². The molecule has 2 heterocycles. The van der Waals surface area contributed by atoms with Crippen molar-refractivity contribution in [3.05, 3.63) is 35.5 Å². The second-order valence-electron chi connectivity index (χ2n) is 6.90. The molecule has 1 aromatic heterocycles. The third-order valence-electron chi connectivity index (χ3n) is 4.90. The molecule has 0 aliphatic carbocycles. The molecular weight excluding hydrogens is 338 g/mol. The summed E-state index contributed by atoms with van der Waals surface area (Å²) in [6.45, 7) is 4.10. The second kappa shape index (κ2) is 8.69. The number of benzene rings is 1. The topological polar surface area (TPSA) is 103 Å². The number of nitriles is 1. The van der Waals surface area contributed by atoms with E-state index < -0.39 is 0 Å². The van der Waals surface area contributed by atoms with Gasteiger partial charge in [-0.05, 0) is 44.5 Å². The van der Waals surface area contributed by atoms with Crippen molar-refractivity contribution in [2.24, 2.45) is 0 Å². The molecule has 1 saturated heterocycles. The van der Waals surface area contributed by atoms with Gasteiger partial charge in [-0.1, -0.05) is 13.3 Å². The highest BCUT2D eigenvalue weighted by Crippen LogP contribution is 2.24. The number of nitrogen functional groups attached to an aromatic ring is 1. The predicted octanol–water partition coefficient (Wildman–Crippen LogP) is 2.81. The number of anilines is 4. The molecule has 1 aliphatic rings. The van der Waals surface area contributed by atoms with Gasteiger partial charge in [0.25, 0.3) is 0 Å². The number of nitrogens with one attached hydrogen (secondary N) is 2. The molecule has 0 bridgehead atoms. The highest BCUT2D eigenvalue weighted by Gasteiger charge is 2.23. The zero-order chi connectivity index (χ0) is 19.2. The van der Waals surface area contributed by atoms with E-state index in [0.717, 1.165) is 56.0 Å². The summed E-state index contributed by atoms with van der Waals surface area (Å²) in [5, 5.41) is 15.8. The molecule has 27 heavy (non-hydrogen) atoms. The van der Waals surface area contributed by atoms with Crippen LogP contribution in [-0.2, 0) is 6.42 Å². The predicted molar refractivity (Wildman–Crippen MR) is 109 cm³/mol. The minimum absolute atomic E-state index is 0.443. The number of hydrogen-bond acceptors (Lipinski definition) is 7. The van der Waals surface area contributed by atoms with Crippen LogP contribution in [0.4, 0.5) is 23.1 Å². The van der Waals surface area contributed by atoms with Gasteiger partial charge in [0.05, 0.1) is 5.56 Å². The lowest BCUT2D eigenvalue weighted by Crippen LogP contribution is -2.30. The second-order valence-corrected chi connectivity index (χ2v) is 6.90. The van der Waals surface area contributed by atoms with Crippen LogP contribution in [0, 0.1) is 11.3 Å². The Hall–Kier alpha value is -2.85. The number of nitrogens with zero attached hydrogens (tertiary/aromatic N) is 4. The molecule has 2 aromatic rings. The summed E-state index contributed by atoms with van der Waals surface area (Å²) in [7, 11) is 2.00. The fourth-order valence-corrected chi connectivity index (χ4v) is 3.25. The van der Waals surface area contributed by atoms with Gasteiger partial charge in [-0.3, -0.25) is 0 Å². The van der Waals surface area contributed by atoms with Crippen molar-refractivity contribution in [1.29, 1.82) is 5.26 Å². The Kier molecular flexibility index (Phi) is 6.09. The Morgan fingerprint density at radius 3 is 2.89 bits per heavy atom. The number of unbranched alkanes of at least 4 members (excludes halogenated alkanes) is 1. The third-order valence-corrected chi connectivity index (χ3v) is 4.90. The molecule has 4 N–H and O–H groups in total. The Morgan fingerprint density at radius 2 is 2.19 bits per heavy atom. The van der Waals surface area contributed by atoms with Crippen molar-refractivity contribution in [3.63, 3.8) is 0 Å². The van der Waals surface area contributed by atoms with Gasteiger partial charge in [0, 0.05) is 42.3 Å². The van der Waals surface area contributed by atoms with E-state index in [1.165, 1.54) is 0 Å². The summed E-state index contributed by atoms with van der Waals surface area (Å²) < 4.78 is 0. The number of hydrogen-bond donors (Lipinski definition) is 3. The largest absolute Gasteiger partial charge is 0.398 e. The zero-order valence-electron chi connectivity index (χ0n) is 16.0.